The van der Waals surface area contributed by atoms with Crippen LogP contribution < -0.4 is 4.90 Å². The van der Waals surface area contributed by atoms with Crippen LogP contribution in [-0.4, -0.2) is 52.6 Å². The lowest BCUT2D eigenvalue weighted by Crippen LogP contribution is -2.49. The average Bonchev–Trinajstić information content (AvgIpc) is 2.48. The van der Waals surface area contributed by atoms with Crippen LogP contribution in [0.2, 0.25) is 0 Å². The van der Waals surface area contributed by atoms with Gasteiger partial charge in [-0.2, -0.15) is 11.8 Å². The second kappa shape index (κ2) is 7.36. The summed E-state index contributed by atoms with van der Waals surface area (Å²) in [7, 11) is 0. The molecule has 0 saturated carbocycles. The van der Waals surface area contributed by atoms with Crippen LogP contribution in [0.25, 0.3) is 0 Å². The predicted molar refractivity (Wildman–Crippen MR) is 84.9 cm³/mol. The molecule has 1 saturated heterocycles. The van der Waals surface area contributed by atoms with Crippen molar-refractivity contribution in [3.63, 3.8) is 0 Å². The van der Waals surface area contributed by atoms with E-state index < -0.39 is 5.97 Å². The normalized spacial score (nSPS) is 18.3. The Kier molecular flexibility index (Phi) is 5.50. The summed E-state index contributed by atoms with van der Waals surface area (Å²) in [6.45, 7) is 3.72. The van der Waals surface area contributed by atoms with Gasteiger partial charge in [-0.15, -0.1) is 0 Å². The van der Waals surface area contributed by atoms with Crippen LogP contribution in [0.15, 0.2) is 30.3 Å². The second-order valence-corrected chi connectivity index (χ2v) is 6.59. The Hall–Kier alpha value is -1.69. The number of benzene rings is 1. The van der Waals surface area contributed by atoms with Crippen molar-refractivity contribution in [3.05, 3.63) is 30.3 Å². The molecule has 2 amide bonds. The van der Waals surface area contributed by atoms with Crippen LogP contribution >= 0.6 is 11.8 Å². The molecule has 1 fully saturated rings. The number of hydrogen-bond acceptors (Lipinski definition) is 3. The third kappa shape index (κ3) is 4.39. The number of aliphatic carboxylic acids is 1. The summed E-state index contributed by atoms with van der Waals surface area (Å²) in [6.07, 6.45) is -0.0568. The summed E-state index contributed by atoms with van der Waals surface area (Å²) in [5.41, 5.74) is 0.745. The molecule has 0 radical (unpaired) electrons. The van der Waals surface area contributed by atoms with E-state index in [9.17, 15) is 9.59 Å². The van der Waals surface area contributed by atoms with Crippen molar-refractivity contribution in [2.75, 3.05) is 30.3 Å². The Labute approximate surface area is 128 Å². The van der Waals surface area contributed by atoms with Crippen LogP contribution in [-0.2, 0) is 4.79 Å². The number of rotatable bonds is 4. The number of carboxylic acid groups (broad SMARTS) is 1. The smallest absolute Gasteiger partial charge is 0.324 e. The van der Waals surface area contributed by atoms with Gasteiger partial charge in [-0.3, -0.25) is 9.69 Å². The largest absolute Gasteiger partial charge is 0.481 e. The fraction of sp³-hybridized carbons (Fsp3) is 0.467. The number of thioether (sulfide) groups is 1. The van der Waals surface area contributed by atoms with Gasteiger partial charge in [0.1, 0.15) is 0 Å². The molecule has 6 heteroatoms. The van der Waals surface area contributed by atoms with Crippen molar-refractivity contribution in [1.82, 2.24) is 4.90 Å². The third-order valence-electron chi connectivity index (χ3n) is 3.36. The summed E-state index contributed by atoms with van der Waals surface area (Å²) in [4.78, 5) is 26.9. The van der Waals surface area contributed by atoms with Gasteiger partial charge in [-0.05, 0) is 12.1 Å². The molecule has 1 aromatic rings. The van der Waals surface area contributed by atoms with E-state index in [1.807, 2.05) is 47.0 Å². The number of carbonyl (C=O) groups excluding carboxylic acids is 1. The lowest BCUT2D eigenvalue weighted by atomic mass is 10.2. The standard InChI is InChI=1S/C15H20N2O3S/c1-12-11-16(9-10-21-12)15(20)17(8-7-14(18)19)13-5-3-2-4-6-13/h2-6,12H,7-11H2,1H3,(H,18,19). The summed E-state index contributed by atoms with van der Waals surface area (Å²) in [6, 6.07) is 9.15. The van der Waals surface area contributed by atoms with Gasteiger partial charge in [-0.1, -0.05) is 25.1 Å². The molecule has 1 aliphatic heterocycles. The minimum absolute atomic E-state index is 0.0568. The van der Waals surface area contributed by atoms with Crippen LogP contribution in [0.1, 0.15) is 13.3 Å². The SMILES string of the molecule is CC1CN(C(=O)N(CCC(=O)O)c2ccccc2)CCS1. The number of carboxylic acids is 1. The van der Waals surface area contributed by atoms with E-state index in [0.717, 1.165) is 11.4 Å². The zero-order valence-corrected chi connectivity index (χ0v) is 12.9. The summed E-state index contributed by atoms with van der Waals surface area (Å²) >= 11 is 1.86. The first-order valence-electron chi connectivity index (χ1n) is 7.03. The molecule has 1 aliphatic rings. The van der Waals surface area contributed by atoms with Gasteiger partial charge in [0.15, 0.2) is 0 Å². The second-order valence-electron chi connectivity index (χ2n) is 5.04. The molecule has 0 bridgehead atoms. The average molecular weight is 308 g/mol. The molecule has 114 valence electrons. The van der Waals surface area contributed by atoms with Gasteiger partial charge in [0, 0.05) is 36.3 Å². The fourth-order valence-electron chi connectivity index (χ4n) is 2.31. The molecular formula is C15H20N2O3S. The van der Waals surface area contributed by atoms with E-state index in [1.54, 1.807) is 4.90 Å². The first-order chi connectivity index (χ1) is 10.1. The summed E-state index contributed by atoms with van der Waals surface area (Å²) in [5, 5.41) is 9.31. The van der Waals surface area contributed by atoms with Gasteiger partial charge < -0.3 is 10.0 Å². The number of amides is 2. The first-order valence-corrected chi connectivity index (χ1v) is 8.07. The number of urea groups is 1. The van der Waals surface area contributed by atoms with E-state index in [2.05, 4.69) is 6.92 Å². The Bertz CT molecular complexity index is 495. The molecule has 1 aromatic carbocycles. The maximum Gasteiger partial charge on any atom is 0.324 e. The van der Waals surface area contributed by atoms with Crippen molar-refractivity contribution >= 4 is 29.4 Å². The molecule has 1 atom stereocenters. The lowest BCUT2D eigenvalue weighted by molar-refractivity contribution is -0.136. The van der Waals surface area contributed by atoms with E-state index in [-0.39, 0.29) is 19.0 Å². The highest BCUT2D eigenvalue weighted by atomic mass is 32.2. The number of para-hydroxylation sites is 1. The summed E-state index contributed by atoms with van der Waals surface area (Å²) in [5.74, 6) is 0.0281. The Morgan fingerprint density at radius 3 is 2.71 bits per heavy atom. The number of hydrogen-bond donors (Lipinski definition) is 1. The van der Waals surface area contributed by atoms with Crippen molar-refractivity contribution < 1.29 is 14.7 Å². The monoisotopic (exact) mass is 308 g/mol. The molecule has 0 aliphatic carbocycles. The highest BCUT2D eigenvalue weighted by Gasteiger charge is 2.26. The maximum atomic E-state index is 12.7. The van der Waals surface area contributed by atoms with E-state index >= 15 is 0 Å². The van der Waals surface area contributed by atoms with Gasteiger partial charge in [-0.25, -0.2) is 4.79 Å². The molecule has 1 N–H and O–H groups in total. The van der Waals surface area contributed by atoms with Crippen molar-refractivity contribution in [2.45, 2.75) is 18.6 Å². The van der Waals surface area contributed by atoms with E-state index in [4.69, 9.17) is 5.11 Å². The van der Waals surface area contributed by atoms with Gasteiger partial charge in [0.25, 0.3) is 0 Å². The Morgan fingerprint density at radius 2 is 2.10 bits per heavy atom. The molecule has 0 spiro atoms. The third-order valence-corrected chi connectivity index (χ3v) is 4.50. The van der Waals surface area contributed by atoms with E-state index in [1.165, 1.54) is 0 Å². The summed E-state index contributed by atoms with van der Waals surface area (Å²) < 4.78 is 0. The Balaban J connectivity index is 2.14. The number of anilines is 1. The maximum absolute atomic E-state index is 12.7. The highest BCUT2D eigenvalue weighted by Crippen LogP contribution is 2.21. The number of carbonyl (C=O) groups is 2. The molecule has 21 heavy (non-hydrogen) atoms. The van der Waals surface area contributed by atoms with Crippen molar-refractivity contribution in [3.8, 4) is 0 Å². The highest BCUT2D eigenvalue weighted by molar-refractivity contribution is 7.99. The fourth-order valence-corrected chi connectivity index (χ4v) is 3.33. The first kappa shape index (κ1) is 15.7. The van der Waals surface area contributed by atoms with Gasteiger partial charge in [0.2, 0.25) is 0 Å². The van der Waals surface area contributed by atoms with E-state index in [0.29, 0.717) is 18.3 Å². The van der Waals surface area contributed by atoms with Crippen LogP contribution in [0.4, 0.5) is 10.5 Å². The molecule has 0 aromatic heterocycles. The molecule has 1 heterocycles. The van der Waals surface area contributed by atoms with Crippen LogP contribution in [0, 0.1) is 0 Å². The molecule has 1 unspecified atom stereocenters. The zero-order chi connectivity index (χ0) is 15.2. The number of nitrogens with zero attached hydrogens (tertiary/aromatic N) is 2. The Morgan fingerprint density at radius 1 is 1.38 bits per heavy atom. The predicted octanol–water partition coefficient (Wildman–Crippen LogP) is 2.53. The van der Waals surface area contributed by atoms with Crippen molar-refractivity contribution in [1.29, 1.82) is 0 Å². The minimum atomic E-state index is -0.897. The van der Waals surface area contributed by atoms with Gasteiger partial charge in [0.05, 0.1) is 6.42 Å². The lowest BCUT2D eigenvalue weighted by Gasteiger charge is -2.35. The van der Waals surface area contributed by atoms with Crippen LogP contribution in [0.3, 0.4) is 0 Å². The quantitative estimate of drug-likeness (QED) is 0.928. The van der Waals surface area contributed by atoms with Crippen LogP contribution in [0.5, 0.6) is 0 Å². The topological polar surface area (TPSA) is 60.9 Å². The minimum Gasteiger partial charge on any atom is -0.481 e. The van der Waals surface area contributed by atoms with Gasteiger partial charge >= 0.3 is 12.0 Å². The zero-order valence-electron chi connectivity index (χ0n) is 12.1. The molecule has 2 rings (SSSR count). The molecular weight excluding hydrogens is 288 g/mol. The molecule has 5 nitrogen and oxygen atoms in total. The van der Waals surface area contributed by atoms with Crippen molar-refractivity contribution in [2.24, 2.45) is 0 Å².